The second kappa shape index (κ2) is 12.8. The van der Waals surface area contributed by atoms with Crippen molar-refractivity contribution in [3.05, 3.63) is 12.2 Å². The van der Waals surface area contributed by atoms with Gasteiger partial charge < -0.3 is 27.6 Å². The first-order valence-corrected chi connectivity index (χ1v) is 11.4. The molecule has 0 radical (unpaired) electrons. The first-order chi connectivity index (χ1) is 11.8. The van der Waals surface area contributed by atoms with Gasteiger partial charge in [0.25, 0.3) is 0 Å². The molecule has 0 aromatic carbocycles. The molecule has 0 saturated carbocycles. The van der Waals surface area contributed by atoms with E-state index in [2.05, 4.69) is 6.58 Å². The molecule has 0 rings (SSSR count). The molecule has 0 aliphatic heterocycles. The molecule has 0 heterocycles. The Morgan fingerprint density at radius 1 is 0.800 bits per heavy atom. The van der Waals surface area contributed by atoms with Crippen LogP contribution in [0.2, 0.25) is 0 Å². The third-order valence-corrected chi connectivity index (χ3v) is 6.02. The fourth-order valence-electron chi connectivity index (χ4n) is 1.59. The van der Waals surface area contributed by atoms with Crippen LogP contribution < -0.4 is 0 Å². The molecule has 25 heavy (non-hydrogen) atoms. The number of carbonyl (C=O) groups is 1. The Morgan fingerprint density at radius 3 is 1.60 bits per heavy atom. The molecule has 0 amide bonds. The third kappa shape index (κ3) is 10.3. The lowest BCUT2D eigenvalue weighted by atomic mass is 10.3. The van der Waals surface area contributed by atoms with Crippen molar-refractivity contribution in [1.82, 2.24) is 0 Å². The molecule has 11 heteroatoms. The summed E-state index contributed by atoms with van der Waals surface area (Å²) >= 11 is 0. The van der Waals surface area contributed by atoms with E-state index in [4.69, 9.17) is 27.6 Å². The Bertz CT molecular complexity index is 487. The topological polar surface area (TPSA) is 107 Å². The largest absolute Gasteiger partial charge is 0.449 e. The summed E-state index contributed by atoms with van der Waals surface area (Å²) in [7, 11) is -6.86. The molecule has 0 fully saturated rings. The molecule has 9 nitrogen and oxygen atoms in total. The Morgan fingerprint density at radius 2 is 1.20 bits per heavy atom. The molecule has 0 aromatic heterocycles. The van der Waals surface area contributed by atoms with E-state index < -0.39 is 27.5 Å². The summed E-state index contributed by atoms with van der Waals surface area (Å²) in [6.07, 6.45) is -0.847. The second-order valence-corrected chi connectivity index (χ2v) is 8.53. The van der Waals surface area contributed by atoms with E-state index in [1.165, 1.54) is 0 Å². The van der Waals surface area contributed by atoms with Crippen LogP contribution in [0.25, 0.3) is 0 Å². The smallest absolute Gasteiger partial charge is 0.367 e. The van der Waals surface area contributed by atoms with Gasteiger partial charge in [0.15, 0.2) is 6.35 Å². The average molecular weight is 402 g/mol. The molecule has 0 bridgehead atoms. The van der Waals surface area contributed by atoms with Gasteiger partial charge in [-0.3, -0.25) is 9.13 Å². The van der Waals surface area contributed by atoms with Crippen LogP contribution in [0.3, 0.4) is 0 Å². The summed E-state index contributed by atoms with van der Waals surface area (Å²) in [6, 6.07) is 0. The molecule has 0 N–H and O–H groups in total. The van der Waals surface area contributed by atoms with Crippen molar-refractivity contribution >= 4 is 21.2 Å². The summed E-state index contributed by atoms with van der Waals surface area (Å²) in [5.74, 6) is -0.817. The molecule has 0 unspecified atom stereocenters. The normalized spacial score (nSPS) is 12.2. The van der Waals surface area contributed by atoms with E-state index in [1.807, 2.05) is 0 Å². The van der Waals surface area contributed by atoms with E-state index in [1.54, 1.807) is 27.7 Å². The molecule has 0 aliphatic rings. The second-order valence-electron chi connectivity index (χ2n) is 4.53. The van der Waals surface area contributed by atoms with Crippen molar-refractivity contribution in [2.24, 2.45) is 0 Å². The van der Waals surface area contributed by atoms with Crippen molar-refractivity contribution in [2.75, 3.05) is 45.7 Å². The number of carbonyl (C=O) groups excluding carboxylic acids is 1. The predicted octanol–water partition coefficient (Wildman–Crippen LogP) is 3.55. The maximum Gasteiger partial charge on any atom is 0.367 e. The lowest BCUT2D eigenvalue weighted by Crippen LogP contribution is -2.15. The van der Waals surface area contributed by atoms with Crippen LogP contribution in [0.5, 0.6) is 0 Å². The molecule has 148 valence electrons. The Balaban J connectivity index is 4.40. The quantitative estimate of drug-likeness (QED) is 0.231. The number of hydrogen-bond acceptors (Lipinski definition) is 9. The standard InChI is InChI=1S/C14H28O9P2/c1-6-20-24(16,21-7-2)11-18-10-13(5)14(15)19-12-25(17,22-8-3)23-9-4/h5-12H2,1-4H3. The van der Waals surface area contributed by atoms with Gasteiger partial charge in [-0.1, -0.05) is 6.58 Å². The zero-order valence-corrected chi connectivity index (χ0v) is 17.0. The number of rotatable bonds is 15. The Kier molecular flexibility index (Phi) is 12.5. The van der Waals surface area contributed by atoms with Crippen molar-refractivity contribution in [3.8, 4) is 0 Å². The molecule has 0 aromatic rings. The van der Waals surface area contributed by atoms with E-state index in [-0.39, 0.29) is 45.0 Å². The highest BCUT2D eigenvalue weighted by Crippen LogP contribution is 2.48. The van der Waals surface area contributed by atoms with Crippen LogP contribution in [-0.2, 0) is 41.5 Å². The van der Waals surface area contributed by atoms with Gasteiger partial charge in [-0.15, -0.1) is 0 Å². The minimum atomic E-state index is -3.49. The van der Waals surface area contributed by atoms with Crippen molar-refractivity contribution < 1.29 is 41.5 Å². The van der Waals surface area contributed by atoms with Gasteiger partial charge in [0.1, 0.15) is 6.35 Å². The van der Waals surface area contributed by atoms with Crippen LogP contribution in [0.4, 0.5) is 0 Å². The summed E-state index contributed by atoms with van der Waals surface area (Å²) in [4.78, 5) is 11.8. The van der Waals surface area contributed by atoms with Gasteiger partial charge in [0.2, 0.25) is 0 Å². The first kappa shape index (κ1) is 24.5. The highest BCUT2D eigenvalue weighted by atomic mass is 31.2. The lowest BCUT2D eigenvalue weighted by Gasteiger charge is -2.18. The fraction of sp³-hybridized carbons (Fsp3) is 0.786. The molecular formula is C14H28O9P2. The highest BCUT2D eigenvalue weighted by Gasteiger charge is 2.27. The van der Waals surface area contributed by atoms with Crippen molar-refractivity contribution in [2.45, 2.75) is 27.7 Å². The van der Waals surface area contributed by atoms with E-state index >= 15 is 0 Å². The monoisotopic (exact) mass is 402 g/mol. The van der Waals surface area contributed by atoms with Crippen molar-refractivity contribution in [1.29, 1.82) is 0 Å². The minimum absolute atomic E-state index is 0.0425. The fourth-order valence-corrected chi connectivity index (χ4v) is 4.20. The first-order valence-electron chi connectivity index (χ1n) is 7.94. The van der Waals surface area contributed by atoms with Gasteiger partial charge >= 0.3 is 21.2 Å². The molecular weight excluding hydrogens is 374 g/mol. The predicted molar refractivity (Wildman–Crippen MR) is 92.6 cm³/mol. The maximum atomic E-state index is 12.2. The number of esters is 1. The minimum Gasteiger partial charge on any atom is -0.449 e. The van der Waals surface area contributed by atoms with Crippen LogP contribution >= 0.6 is 15.2 Å². The van der Waals surface area contributed by atoms with Gasteiger partial charge in [0.05, 0.1) is 38.6 Å². The average Bonchev–Trinajstić information content (AvgIpc) is 2.53. The highest BCUT2D eigenvalue weighted by molar-refractivity contribution is 7.53. The summed E-state index contributed by atoms with van der Waals surface area (Å²) < 4.78 is 54.5. The zero-order chi connectivity index (χ0) is 19.3. The molecule has 0 atom stereocenters. The van der Waals surface area contributed by atoms with Crippen LogP contribution in [0.1, 0.15) is 27.7 Å². The van der Waals surface area contributed by atoms with Crippen molar-refractivity contribution in [3.63, 3.8) is 0 Å². The van der Waals surface area contributed by atoms with E-state index in [9.17, 15) is 13.9 Å². The Hall–Kier alpha value is -0.530. The molecule has 0 aliphatic carbocycles. The number of hydrogen-bond donors (Lipinski definition) is 0. The van der Waals surface area contributed by atoms with Crippen LogP contribution in [-0.4, -0.2) is 51.7 Å². The zero-order valence-electron chi connectivity index (χ0n) is 15.2. The van der Waals surface area contributed by atoms with Gasteiger partial charge in [-0.05, 0) is 27.7 Å². The number of ether oxygens (including phenoxy) is 2. The van der Waals surface area contributed by atoms with Crippen LogP contribution in [0, 0.1) is 0 Å². The van der Waals surface area contributed by atoms with E-state index in [0.717, 1.165) is 0 Å². The maximum absolute atomic E-state index is 12.2. The Labute approximate surface area is 149 Å². The summed E-state index contributed by atoms with van der Waals surface area (Å²) in [6.45, 7) is 10.6. The summed E-state index contributed by atoms with van der Waals surface area (Å²) in [5.41, 5.74) is -0.0425. The third-order valence-electron chi connectivity index (χ3n) is 2.47. The van der Waals surface area contributed by atoms with Gasteiger partial charge in [-0.2, -0.15) is 0 Å². The molecule has 0 spiro atoms. The van der Waals surface area contributed by atoms with Gasteiger partial charge in [-0.25, -0.2) is 4.79 Å². The summed E-state index contributed by atoms with van der Waals surface area (Å²) in [5, 5.41) is 0. The molecule has 0 saturated heterocycles. The SMILES string of the molecule is C=C(COCP(=O)(OCC)OCC)C(=O)OCP(=O)(OCC)OCC. The van der Waals surface area contributed by atoms with Gasteiger partial charge in [0, 0.05) is 0 Å². The van der Waals surface area contributed by atoms with Crippen LogP contribution in [0.15, 0.2) is 12.2 Å². The van der Waals surface area contributed by atoms with E-state index in [0.29, 0.717) is 0 Å². The lowest BCUT2D eigenvalue weighted by molar-refractivity contribution is -0.138.